The molecule has 0 unspecified atom stereocenters. The van der Waals surface area contributed by atoms with Crippen LogP contribution in [0.15, 0.2) is 5.38 Å². The summed E-state index contributed by atoms with van der Waals surface area (Å²) >= 11 is 1.25. The van der Waals surface area contributed by atoms with Crippen LogP contribution in [0.2, 0.25) is 0 Å². The van der Waals surface area contributed by atoms with E-state index in [2.05, 4.69) is 5.32 Å². The highest BCUT2D eigenvalue weighted by Crippen LogP contribution is 2.33. The van der Waals surface area contributed by atoms with Crippen LogP contribution in [0.4, 0.5) is 5.69 Å². The molecule has 0 bridgehead atoms. The van der Waals surface area contributed by atoms with Gasteiger partial charge in [-0.3, -0.25) is 9.59 Å². The highest BCUT2D eigenvalue weighted by Gasteiger charge is 2.31. The zero-order valence-corrected chi connectivity index (χ0v) is 14.3. The van der Waals surface area contributed by atoms with Crippen molar-refractivity contribution in [2.75, 3.05) is 19.5 Å². The van der Waals surface area contributed by atoms with Crippen LogP contribution in [0, 0.1) is 18.8 Å². The Labute approximate surface area is 139 Å². The molecule has 1 heterocycles. The topological polar surface area (TPSA) is 81.7 Å². The number of esters is 2. The molecule has 1 aromatic rings. The molecule has 0 atom stereocenters. The predicted octanol–water partition coefficient (Wildman–Crippen LogP) is 2.76. The molecule has 2 rings (SSSR count). The van der Waals surface area contributed by atoms with Crippen LogP contribution in [0.25, 0.3) is 0 Å². The van der Waals surface area contributed by atoms with E-state index >= 15 is 0 Å². The lowest BCUT2D eigenvalue weighted by Crippen LogP contribution is -2.30. The molecule has 1 fully saturated rings. The van der Waals surface area contributed by atoms with E-state index in [-0.39, 0.29) is 23.7 Å². The largest absolute Gasteiger partial charge is 0.469 e. The van der Waals surface area contributed by atoms with Gasteiger partial charge in [0, 0.05) is 5.92 Å². The van der Waals surface area contributed by atoms with Crippen molar-refractivity contribution in [2.45, 2.75) is 32.6 Å². The highest BCUT2D eigenvalue weighted by atomic mass is 32.1. The summed E-state index contributed by atoms with van der Waals surface area (Å²) < 4.78 is 9.49. The number of carbonyl (C=O) groups is 3. The third-order valence-electron chi connectivity index (χ3n) is 4.23. The molecule has 0 radical (unpaired) electrons. The van der Waals surface area contributed by atoms with Crippen molar-refractivity contribution in [3.8, 4) is 0 Å². The highest BCUT2D eigenvalue weighted by molar-refractivity contribution is 7.12. The average molecular weight is 339 g/mol. The van der Waals surface area contributed by atoms with Crippen molar-refractivity contribution < 1.29 is 23.9 Å². The summed E-state index contributed by atoms with van der Waals surface area (Å²) in [4.78, 5) is 36.1. The summed E-state index contributed by atoms with van der Waals surface area (Å²) in [7, 11) is 2.70. The monoisotopic (exact) mass is 339 g/mol. The maximum Gasteiger partial charge on any atom is 0.350 e. The second-order valence-electron chi connectivity index (χ2n) is 5.68. The van der Waals surface area contributed by atoms with Crippen LogP contribution in [-0.4, -0.2) is 32.1 Å². The molecule has 1 N–H and O–H groups in total. The average Bonchev–Trinajstić information content (AvgIpc) is 2.94. The summed E-state index contributed by atoms with van der Waals surface area (Å²) in [5.74, 6) is -1.03. The fraction of sp³-hybridized carbons (Fsp3) is 0.562. The molecule has 0 saturated heterocycles. The van der Waals surface area contributed by atoms with Gasteiger partial charge in [0.1, 0.15) is 4.88 Å². The van der Waals surface area contributed by atoms with Crippen LogP contribution in [-0.2, 0) is 19.1 Å². The van der Waals surface area contributed by atoms with Gasteiger partial charge in [-0.25, -0.2) is 4.79 Å². The lowest BCUT2D eigenvalue weighted by Gasteiger charge is -2.26. The Bertz CT molecular complexity index is 602. The van der Waals surface area contributed by atoms with E-state index in [4.69, 9.17) is 9.47 Å². The fourth-order valence-electron chi connectivity index (χ4n) is 2.83. The minimum absolute atomic E-state index is 0.111. The summed E-state index contributed by atoms with van der Waals surface area (Å²) in [5, 5.41) is 4.67. The van der Waals surface area contributed by atoms with Crippen molar-refractivity contribution in [1.29, 1.82) is 0 Å². The molecule has 0 aromatic carbocycles. The first-order valence-corrected chi connectivity index (χ1v) is 8.41. The fourth-order valence-corrected chi connectivity index (χ4v) is 3.75. The van der Waals surface area contributed by atoms with E-state index in [9.17, 15) is 14.4 Å². The Morgan fingerprint density at radius 2 is 1.70 bits per heavy atom. The third-order valence-corrected chi connectivity index (χ3v) is 5.30. The maximum atomic E-state index is 12.5. The first kappa shape index (κ1) is 17.5. The van der Waals surface area contributed by atoms with Gasteiger partial charge in [-0.15, -0.1) is 11.3 Å². The normalized spacial score (nSPS) is 20.7. The number of ether oxygens (including phenoxy) is 2. The summed E-state index contributed by atoms with van der Waals surface area (Å²) in [6.45, 7) is 1.84. The molecule has 0 aliphatic heterocycles. The van der Waals surface area contributed by atoms with Crippen molar-refractivity contribution in [2.24, 2.45) is 11.8 Å². The minimum atomic E-state index is -0.451. The molecule has 6 nitrogen and oxygen atoms in total. The molecule has 1 amide bonds. The number of amides is 1. The summed E-state index contributed by atoms with van der Waals surface area (Å²) in [6, 6.07) is 0. The van der Waals surface area contributed by atoms with Gasteiger partial charge in [-0.2, -0.15) is 0 Å². The zero-order valence-electron chi connectivity index (χ0n) is 13.5. The number of hydrogen-bond donors (Lipinski definition) is 1. The van der Waals surface area contributed by atoms with E-state index in [1.165, 1.54) is 25.6 Å². The molecular formula is C16H21NO5S. The third kappa shape index (κ3) is 3.90. The second-order valence-corrected chi connectivity index (χ2v) is 6.56. The van der Waals surface area contributed by atoms with Crippen molar-refractivity contribution in [3.63, 3.8) is 0 Å². The van der Waals surface area contributed by atoms with Crippen LogP contribution >= 0.6 is 11.3 Å². The molecule has 126 valence electrons. The number of nitrogens with one attached hydrogen (secondary N) is 1. The van der Waals surface area contributed by atoms with E-state index in [0.29, 0.717) is 36.2 Å². The van der Waals surface area contributed by atoms with Gasteiger partial charge < -0.3 is 14.8 Å². The van der Waals surface area contributed by atoms with Crippen molar-refractivity contribution in [3.05, 3.63) is 15.8 Å². The van der Waals surface area contributed by atoms with Gasteiger partial charge >= 0.3 is 11.9 Å². The van der Waals surface area contributed by atoms with E-state index < -0.39 is 5.97 Å². The Morgan fingerprint density at radius 1 is 1.09 bits per heavy atom. The van der Waals surface area contributed by atoms with Crippen molar-refractivity contribution >= 4 is 34.9 Å². The number of thiophene rings is 1. The molecule has 1 aliphatic rings. The number of anilines is 1. The van der Waals surface area contributed by atoms with E-state index in [0.717, 1.165) is 5.56 Å². The van der Waals surface area contributed by atoms with Crippen LogP contribution in [0.5, 0.6) is 0 Å². The number of carbonyl (C=O) groups excluding carboxylic acids is 3. The lowest BCUT2D eigenvalue weighted by molar-refractivity contribution is -0.147. The summed E-state index contributed by atoms with van der Waals surface area (Å²) in [5.41, 5.74) is 1.37. The first-order chi connectivity index (χ1) is 11.0. The smallest absolute Gasteiger partial charge is 0.350 e. The van der Waals surface area contributed by atoms with Gasteiger partial charge in [-0.1, -0.05) is 0 Å². The van der Waals surface area contributed by atoms with E-state index in [1.807, 2.05) is 12.3 Å². The molecule has 1 saturated carbocycles. The lowest BCUT2D eigenvalue weighted by atomic mass is 9.81. The Hall–Kier alpha value is -1.89. The van der Waals surface area contributed by atoms with Crippen LogP contribution in [0.3, 0.4) is 0 Å². The summed E-state index contributed by atoms with van der Waals surface area (Å²) in [6.07, 6.45) is 2.58. The van der Waals surface area contributed by atoms with Crippen LogP contribution < -0.4 is 5.32 Å². The molecule has 1 aromatic heterocycles. The maximum absolute atomic E-state index is 12.5. The van der Waals surface area contributed by atoms with Crippen LogP contribution in [0.1, 0.15) is 40.9 Å². The number of methoxy groups -OCH3 is 2. The van der Waals surface area contributed by atoms with Gasteiger partial charge in [0.25, 0.3) is 0 Å². The Kier molecular flexibility index (Phi) is 5.76. The molecule has 23 heavy (non-hydrogen) atoms. The zero-order chi connectivity index (χ0) is 17.0. The van der Waals surface area contributed by atoms with Gasteiger partial charge in [0.05, 0.1) is 25.8 Å². The van der Waals surface area contributed by atoms with Gasteiger partial charge in [-0.05, 0) is 43.6 Å². The predicted molar refractivity (Wildman–Crippen MR) is 86.5 cm³/mol. The van der Waals surface area contributed by atoms with Gasteiger partial charge in [0.2, 0.25) is 5.91 Å². The molecule has 7 heteroatoms. The van der Waals surface area contributed by atoms with Crippen molar-refractivity contribution in [1.82, 2.24) is 0 Å². The Balaban J connectivity index is 2.00. The second kappa shape index (κ2) is 7.59. The SMILES string of the molecule is COC(=O)c1scc(C)c1NC(=O)C1CCC(C(=O)OC)CC1. The number of aryl methyl sites for hydroxylation is 1. The first-order valence-electron chi connectivity index (χ1n) is 7.53. The Morgan fingerprint density at radius 3 is 2.26 bits per heavy atom. The molecule has 0 spiro atoms. The quantitative estimate of drug-likeness (QED) is 0.853. The standard InChI is InChI=1S/C16H21NO5S/c1-9-8-23-13(16(20)22-3)12(9)17-14(18)10-4-6-11(7-5-10)15(19)21-2/h8,10-11H,4-7H2,1-3H3,(H,17,18). The number of rotatable bonds is 4. The molecule has 1 aliphatic carbocycles. The number of hydrogen-bond acceptors (Lipinski definition) is 6. The molecular weight excluding hydrogens is 318 g/mol. The van der Waals surface area contributed by atoms with Gasteiger partial charge in [0.15, 0.2) is 0 Å². The minimum Gasteiger partial charge on any atom is -0.469 e. The van der Waals surface area contributed by atoms with E-state index in [1.54, 1.807) is 0 Å².